The zero-order chi connectivity index (χ0) is 16.2. The monoisotopic (exact) mass is 330 g/mol. The molecule has 1 N–H and O–H groups in total. The van der Waals surface area contributed by atoms with E-state index in [9.17, 15) is 4.79 Å². The zero-order valence-corrected chi connectivity index (χ0v) is 13.2. The molecule has 2 heterocycles. The molecular formula is C16H15ClN4O2. The average Bonchev–Trinajstić information content (AvgIpc) is 3.16. The van der Waals surface area contributed by atoms with Crippen LogP contribution in [0.15, 0.2) is 47.3 Å². The molecule has 6 nitrogen and oxygen atoms in total. The lowest BCUT2D eigenvalue weighted by molar-refractivity contribution is -0.116. The van der Waals surface area contributed by atoms with Crippen LogP contribution in [-0.2, 0) is 11.2 Å². The van der Waals surface area contributed by atoms with E-state index in [0.29, 0.717) is 35.3 Å². The number of amides is 1. The molecule has 0 unspecified atom stereocenters. The number of nitrogens with zero attached hydrogens (tertiary/aromatic N) is 3. The Morgan fingerprint density at radius 3 is 2.78 bits per heavy atom. The lowest BCUT2D eigenvalue weighted by Crippen LogP contribution is -2.12. The second-order valence-electron chi connectivity index (χ2n) is 5.01. The summed E-state index contributed by atoms with van der Waals surface area (Å²) < 4.78 is 7.39. The molecule has 7 heteroatoms. The third kappa shape index (κ3) is 3.78. The number of oxazole rings is 1. The molecule has 0 fully saturated rings. The van der Waals surface area contributed by atoms with Gasteiger partial charge in [0.1, 0.15) is 11.6 Å². The minimum atomic E-state index is -0.0934. The summed E-state index contributed by atoms with van der Waals surface area (Å²) in [7, 11) is 0. The second kappa shape index (κ2) is 6.66. The van der Waals surface area contributed by atoms with Gasteiger partial charge in [0.05, 0.1) is 6.20 Å². The van der Waals surface area contributed by atoms with Crippen molar-refractivity contribution in [2.75, 3.05) is 5.32 Å². The highest BCUT2D eigenvalue weighted by molar-refractivity contribution is 6.30. The first-order chi connectivity index (χ1) is 11.1. The van der Waals surface area contributed by atoms with E-state index in [2.05, 4.69) is 15.3 Å². The Kier molecular flexibility index (Phi) is 4.43. The van der Waals surface area contributed by atoms with E-state index >= 15 is 0 Å². The van der Waals surface area contributed by atoms with Gasteiger partial charge in [-0.1, -0.05) is 11.6 Å². The number of hydrogen-bond acceptors (Lipinski definition) is 4. The minimum Gasteiger partial charge on any atom is -0.428 e. The molecule has 0 radical (unpaired) electrons. The predicted octanol–water partition coefficient (Wildman–Crippen LogP) is 3.39. The van der Waals surface area contributed by atoms with E-state index in [1.165, 1.54) is 0 Å². The second-order valence-corrected chi connectivity index (χ2v) is 5.45. The molecule has 0 spiro atoms. The van der Waals surface area contributed by atoms with Crippen molar-refractivity contribution in [3.8, 4) is 6.01 Å². The molecule has 3 aromatic rings. The van der Waals surface area contributed by atoms with Gasteiger partial charge in [-0.05, 0) is 31.2 Å². The van der Waals surface area contributed by atoms with Crippen LogP contribution in [0, 0.1) is 6.92 Å². The van der Waals surface area contributed by atoms with Crippen molar-refractivity contribution in [2.24, 2.45) is 0 Å². The number of carbonyl (C=O) groups is 1. The normalized spacial score (nSPS) is 10.7. The first-order valence-corrected chi connectivity index (χ1v) is 7.50. The number of aryl methyl sites for hydroxylation is 2. The summed E-state index contributed by atoms with van der Waals surface area (Å²) >= 11 is 5.81. The highest BCUT2D eigenvalue weighted by Gasteiger charge is 2.10. The van der Waals surface area contributed by atoms with Gasteiger partial charge in [-0.25, -0.2) is 9.97 Å². The van der Waals surface area contributed by atoms with Crippen molar-refractivity contribution >= 4 is 23.2 Å². The van der Waals surface area contributed by atoms with Crippen LogP contribution in [-0.4, -0.2) is 20.4 Å². The summed E-state index contributed by atoms with van der Waals surface area (Å²) in [5.74, 6) is 1.35. The van der Waals surface area contributed by atoms with Crippen molar-refractivity contribution in [3.05, 3.63) is 59.5 Å². The summed E-state index contributed by atoms with van der Waals surface area (Å²) in [5, 5.41) is 3.44. The fraction of sp³-hybridized carbons (Fsp3) is 0.188. The Bertz CT molecular complexity index is 808. The molecule has 0 aliphatic carbocycles. The van der Waals surface area contributed by atoms with Crippen LogP contribution in [0.5, 0.6) is 0 Å². The van der Waals surface area contributed by atoms with Crippen LogP contribution < -0.4 is 5.32 Å². The Hall–Kier alpha value is -2.60. The maximum Gasteiger partial charge on any atom is 0.307 e. The standard InChI is InChI=1S/C16H15ClN4O2/c1-11-18-8-9-21(11)16-19-10-14(23-16)6-7-15(22)20-13-4-2-12(17)3-5-13/h2-5,8-10H,6-7H2,1H3,(H,20,22). The first kappa shape index (κ1) is 15.3. The van der Waals surface area contributed by atoms with E-state index < -0.39 is 0 Å². The summed E-state index contributed by atoms with van der Waals surface area (Å²) in [6, 6.07) is 7.43. The summed E-state index contributed by atoms with van der Waals surface area (Å²) in [6.45, 7) is 1.86. The number of aromatic nitrogens is 3. The number of hydrogen-bond donors (Lipinski definition) is 1. The van der Waals surface area contributed by atoms with Gasteiger partial charge < -0.3 is 9.73 Å². The van der Waals surface area contributed by atoms with E-state index in [4.69, 9.17) is 16.0 Å². The maximum absolute atomic E-state index is 11.9. The highest BCUT2D eigenvalue weighted by atomic mass is 35.5. The van der Waals surface area contributed by atoms with E-state index in [1.54, 1.807) is 47.4 Å². The molecule has 0 aliphatic rings. The quantitative estimate of drug-likeness (QED) is 0.778. The van der Waals surface area contributed by atoms with Crippen LogP contribution in [0.1, 0.15) is 18.0 Å². The van der Waals surface area contributed by atoms with Crippen molar-refractivity contribution in [1.29, 1.82) is 0 Å². The lowest BCUT2D eigenvalue weighted by atomic mass is 10.2. The number of anilines is 1. The summed E-state index contributed by atoms with van der Waals surface area (Å²) in [6.07, 6.45) is 5.86. The predicted molar refractivity (Wildman–Crippen MR) is 86.8 cm³/mol. The maximum atomic E-state index is 11.9. The topological polar surface area (TPSA) is 73.0 Å². The number of imidazole rings is 1. The molecule has 0 atom stereocenters. The summed E-state index contributed by atoms with van der Waals surface area (Å²) in [5.41, 5.74) is 0.715. The molecule has 2 aromatic heterocycles. The largest absolute Gasteiger partial charge is 0.428 e. The van der Waals surface area contributed by atoms with Gasteiger partial charge in [0.15, 0.2) is 0 Å². The summed E-state index contributed by atoms with van der Waals surface area (Å²) in [4.78, 5) is 20.3. The third-order valence-electron chi connectivity index (χ3n) is 3.30. The van der Waals surface area contributed by atoms with Crippen LogP contribution in [0.2, 0.25) is 5.02 Å². The molecule has 118 valence electrons. The minimum absolute atomic E-state index is 0.0934. The molecule has 0 saturated heterocycles. The Labute approximate surface area is 138 Å². The molecule has 1 amide bonds. The molecule has 3 rings (SSSR count). The molecule has 23 heavy (non-hydrogen) atoms. The SMILES string of the molecule is Cc1nccn1-c1ncc(CCC(=O)Nc2ccc(Cl)cc2)o1. The average molecular weight is 331 g/mol. The van der Waals surface area contributed by atoms with Crippen molar-refractivity contribution < 1.29 is 9.21 Å². The Balaban J connectivity index is 1.56. The van der Waals surface area contributed by atoms with Crippen LogP contribution in [0.25, 0.3) is 6.01 Å². The van der Waals surface area contributed by atoms with Crippen molar-refractivity contribution in [1.82, 2.24) is 14.5 Å². The van der Waals surface area contributed by atoms with E-state index in [-0.39, 0.29) is 5.91 Å². The molecule has 0 saturated carbocycles. The number of carbonyl (C=O) groups excluding carboxylic acids is 1. The fourth-order valence-electron chi connectivity index (χ4n) is 2.10. The smallest absolute Gasteiger partial charge is 0.307 e. The Morgan fingerprint density at radius 2 is 2.09 bits per heavy atom. The molecule has 0 aliphatic heterocycles. The van der Waals surface area contributed by atoms with Crippen LogP contribution >= 0.6 is 11.6 Å². The Morgan fingerprint density at radius 1 is 1.30 bits per heavy atom. The number of halogens is 1. The van der Waals surface area contributed by atoms with Gasteiger partial charge in [0, 0.05) is 35.9 Å². The number of rotatable bonds is 5. The van der Waals surface area contributed by atoms with Crippen LogP contribution in [0.4, 0.5) is 5.69 Å². The lowest BCUT2D eigenvalue weighted by Gasteiger charge is -2.04. The van der Waals surface area contributed by atoms with Crippen molar-refractivity contribution in [2.45, 2.75) is 19.8 Å². The van der Waals surface area contributed by atoms with E-state index in [1.807, 2.05) is 6.92 Å². The van der Waals surface area contributed by atoms with Gasteiger partial charge in [-0.3, -0.25) is 9.36 Å². The number of benzene rings is 1. The number of nitrogens with one attached hydrogen (secondary N) is 1. The highest BCUT2D eigenvalue weighted by Crippen LogP contribution is 2.15. The first-order valence-electron chi connectivity index (χ1n) is 7.12. The van der Waals surface area contributed by atoms with Gasteiger partial charge in [0.2, 0.25) is 5.91 Å². The van der Waals surface area contributed by atoms with Gasteiger partial charge >= 0.3 is 6.01 Å². The third-order valence-corrected chi connectivity index (χ3v) is 3.55. The van der Waals surface area contributed by atoms with Gasteiger partial charge in [0.25, 0.3) is 0 Å². The van der Waals surface area contributed by atoms with Crippen molar-refractivity contribution in [3.63, 3.8) is 0 Å². The van der Waals surface area contributed by atoms with Crippen LogP contribution in [0.3, 0.4) is 0 Å². The van der Waals surface area contributed by atoms with E-state index in [0.717, 1.165) is 5.82 Å². The van der Waals surface area contributed by atoms with Gasteiger partial charge in [-0.15, -0.1) is 0 Å². The fourth-order valence-corrected chi connectivity index (χ4v) is 2.22. The molecular weight excluding hydrogens is 316 g/mol. The molecule has 0 bridgehead atoms. The molecule has 1 aromatic carbocycles. The zero-order valence-electron chi connectivity index (χ0n) is 12.5. The van der Waals surface area contributed by atoms with Gasteiger partial charge in [-0.2, -0.15) is 0 Å².